The third-order valence-electron chi connectivity index (χ3n) is 2.28. The van der Waals surface area contributed by atoms with Gasteiger partial charge in [-0.05, 0) is 23.8 Å². The Balaban J connectivity index is 2.30. The average Bonchev–Trinajstić information content (AvgIpc) is 2.57. The van der Waals surface area contributed by atoms with Gasteiger partial charge in [-0.3, -0.25) is 9.59 Å². The molecule has 1 heterocycles. The van der Waals surface area contributed by atoms with E-state index in [1.807, 2.05) is 0 Å². The first-order valence-corrected chi connectivity index (χ1v) is 6.63. The Kier molecular flexibility index (Phi) is 3.85. The van der Waals surface area contributed by atoms with Crippen LogP contribution in [0, 0.1) is 0 Å². The third kappa shape index (κ3) is 2.63. The smallest absolute Gasteiger partial charge is 0.273 e. The number of benzene rings is 1. The van der Waals surface area contributed by atoms with Gasteiger partial charge in [0, 0.05) is 11.9 Å². The second-order valence-corrected chi connectivity index (χ2v) is 5.70. The molecule has 0 N–H and O–H groups in total. The Bertz CT molecular complexity index is 566. The summed E-state index contributed by atoms with van der Waals surface area (Å²) in [5.74, 6) is -0.732. The minimum Gasteiger partial charge on any atom is -0.274 e. The van der Waals surface area contributed by atoms with Gasteiger partial charge in [0.1, 0.15) is 0 Å². The number of rotatable bonds is 1. The summed E-state index contributed by atoms with van der Waals surface area (Å²) in [6, 6.07) is 7.06. The van der Waals surface area contributed by atoms with Crippen LogP contribution < -0.4 is 0 Å². The average molecular weight is 298 g/mol. The first kappa shape index (κ1) is 13.3. The number of thioether (sulfide) groups is 1. The fourth-order valence-corrected chi connectivity index (χ4v) is 2.92. The van der Waals surface area contributed by atoms with E-state index >= 15 is 0 Å². The summed E-state index contributed by atoms with van der Waals surface area (Å²) in [6.07, 6.45) is 1.69. The van der Waals surface area contributed by atoms with E-state index < -0.39 is 0 Å². The normalized spacial score (nSPS) is 17.7. The summed E-state index contributed by atoms with van der Waals surface area (Å²) in [7, 11) is 0. The molecule has 0 aromatic heterocycles. The molecule has 1 aliphatic heterocycles. The number of imide groups is 1. The van der Waals surface area contributed by atoms with Gasteiger partial charge in [-0.25, -0.2) is 4.90 Å². The van der Waals surface area contributed by atoms with Crippen LogP contribution in [0.25, 0.3) is 6.08 Å². The molecular formula is C12H8ClNO2S2. The van der Waals surface area contributed by atoms with Crippen molar-refractivity contribution in [2.24, 2.45) is 0 Å². The fourth-order valence-electron chi connectivity index (χ4n) is 1.45. The van der Waals surface area contributed by atoms with Crippen molar-refractivity contribution in [3.63, 3.8) is 0 Å². The van der Waals surface area contributed by atoms with Crippen molar-refractivity contribution in [3.8, 4) is 0 Å². The molecule has 1 aromatic rings. The molecule has 0 spiro atoms. The van der Waals surface area contributed by atoms with Gasteiger partial charge >= 0.3 is 0 Å². The Labute approximate surface area is 119 Å². The van der Waals surface area contributed by atoms with Crippen LogP contribution in [0.1, 0.15) is 12.5 Å². The maximum Gasteiger partial charge on any atom is 0.273 e. The van der Waals surface area contributed by atoms with E-state index in [1.54, 1.807) is 30.3 Å². The number of hydrogen-bond acceptors (Lipinski definition) is 4. The lowest BCUT2D eigenvalue weighted by Gasteiger charge is -2.07. The molecule has 1 saturated heterocycles. The summed E-state index contributed by atoms with van der Waals surface area (Å²) in [4.78, 5) is 24.6. The van der Waals surface area contributed by atoms with E-state index in [0.717, 1.165) is 22.2 Å². The molecule has 6 heteroatoms. The van der Waals surface area contributed by atoms with E-state index in [-0.39, 0.29) is 16.1 Å². The SMILES string of the molecule is CC(=O)N1C(=O)/C(=C/c2ccc(Cl)cc2)SC1=S. The Morgan fingerprint density at radius 1 is 1.39 bits per heavy atom. The Morgan fingerprint density at radius 2 is 2.00 bits per heavy atom. The fraction of sp³-hybridized carbons (Fsp3) is 0.0833. The highest BCUT2D eigenvalue weighted by Gasteiger charge is 2.34. The predicted octanol–water partition coefficient (Wildman–Crippen LogP) is 3.09. The van der Waals surface area contributed by atoms with Crippen LogP contribution in [0.4, 0.5) is 0 Å². The topological polar surface area (TPSA) is 37.4 Å². The standard InChI is InChI=1S/C12H8ClNO2S2/c1-7(15)14-11(16)10(18-12(14)17)6-8-2-4-9(13)5-3-8/h2-6H,1H3/b10-6-. The van der Waals surface area contributed by atoms with Gasteiger partial charge in [-0.2, -0.15) is 0 Å². The lowest BCUT2D eigenvalue weighted by atomic mass is 10.2. The van der Waals surface area contributed by atoms with Crippen molar-refractivity contribution in [1.29, 1.82) is 0 Å². The van der Waals surface area contributed by atoms with Gasteiger partial charge < -0.3 is 0 Å². The molecule has 1 fully saturated rings. The maximum atomic E-state index is 11.9. The summed E-state index contributed by atoms with van der Waals surface area (Å²) in [6.45, 7) is 1.32. The molecule has 1 aromatic carbocycles. The van der Waals surface area contributed by atoms with Crippen molar-refractivity contribution in [1.82, 2.24) is 4.90 Å². The largest absolute Gasteiger partial charge is 0.274 e. The third-order valence-corrected chi connectivity index (χ3v) is 3.83. The number of carbonyl (C=O) groups excluding carboxylic acids is 2. The number of thiocarbonyl (C=S) groups is 1. The zero-order chi connectivity index (χ0) is 13.3. The molecule has 0 saturated carbocycles. The highest BCUT2D eigenvalue weighted by molar-refractivity contribution is 8.26. The van der Waals surface area contributed by atoms with Crippen molar-refractivity contribution in [3.05, 3.63) is 39.8 Å². The summed E-state index contributed by atoms with van der Waals surface area (Å²) < 4.78 is 0.271. The quantitative estimate of drug-likeness (QED) is 0.590. The zero-order valence-electron chi connectivity index (χ0n) is 9.34. The van der Waals surface area contributed by atoms with E-state index in [1.165, 1.54) is 6.92 Å². The molecule has 0 radical (unpaired) electrons. The molecule has 92 valence electrons. The first-order chi connectivity index (χ1) is 8.49. The first-order valence-electron chi connectivity index (χ1n) is 5.03. The van der Waals surface area contributed by atoms with Gasteiger partial charge in [0.2, 0.25) is 5.91 Å². The summed E-state index contributed by atoms with van der Waals surface area (Å²) in [5, 5.41) is 0.628. The lowest BCUT2D eigenvalue weighted by molar-refractivity contribution is -0.135. The van der Waals surface area contributed by atoms with E-state index in [0.29, 0.717) is 9.93 Å². The predicted molar refractivity (Wildman–Crippen MR) is 77.1 cm³/mol. The highest BCUT2D eigenvalue weighted by Crippen LogP contribution is 2.32. The maximum absolute atomic E-state index is 11.9. The second-order valence-electron chi connectivity index (χ2n) is 3.59. The summed E-state index contributed by atoms with van der Waals surface area (Å²) in [5.41, 5.74) is 0.837. The zero-order valence-corrected chi connectivity index (χ0v) is 11.7. The number of hydrogen-bond donors (Lipinski definition) is 0. The molecular weight excluding hydrogens is 290 g/mol. The van der Waals surface area contributed by atoms with Crippen LogP contribution in [0.5, 0.6) is 0 Å². The molecule has 18 heavy (non-hydrogen) atoms. The molecule has 0 unspecified atom stereocenters. The molecule has 2 rings (SSSR count). The van der Waals surface area contributed by atoms with Gasteiger partial charge in [0.05, 0.1) is 4.91 Å². The molecule has 2 amide bonds. The molecule has 0 bridgehead atoms. The summed E-state index contributed by atoms with van der Waals surface area (Å²) >= 11 is 11.9. The van der Waals surface area contributed by atoms with Crippen molar-refractivity contribution < 1.29 is 9.59 Å². The van der Waals surface area contributed by atoms with Crippen LogP contribution >= 0.6 is 35.6 Å². The lowest BCUT2D eigenvalue weighted by Crippen LogP contribution is -2.32. The molecule has 0 atom stereocenters. The number of amides is 2. The number of carbonyl (C=O) groups is 2. The molecule has 3 nitrogen and oxygen atoms in total. The van der Waals surface area contributed by atoms with E-state index in [2.05, 4.69) is 0 Å². The van der Waals surface area contributed by atoms with E-state index in [4.69, 9.17) is 23.8 Å². The molecule has 1 aliphatic rings. The highest BCUT2D eigenvalue weighted by atomic mass is 35.5. The van der Waals surface area contributed by atoms with Crippen molar-refractivity contribution >= 4 is 57.8 Å². The van der Waals surface area contributed by atoms with Gasteiger partial charge in [0.25, 0.3) is 5.91 Å². The van der Waals surface area contributed by atoms with Crippen LogP contribution in [-0.2, 0) is 9.59 Å². The van der Waals surface area contributed by atoms with Crippen molar-refractivity contribution in [2.75, 3.05) is 0 Å². The van der Waals surface area contributed by atoms with Gasteiger partial charge in [-0.1, -0.05) is 47.7 Å². The van der Waals surface area contributed by atoms with Crippen LogP contribution in [-0.4, -0.2) is 21.0 Å². The monoisotopic (exact) mass is 297 g/mol. The van der Waals surface area contributed by atoms with Crippen LogP contribution in [0.3, 0.4) is 0 Å². The number of nitrogens with zero attached hydrogens (tertiary/aromatic N) is 1. The van der Waals surface area contributed by atoms with Crippen LogP contribution in [0.2, 0.25) is 5.02 Å². The van der Waals surface area contributed by atoms with Crippen LogP contribution in [0.15, 0.2) is 29.2 Å². The van der Waals surface area contributed by atoms with Gasteiger partial charge in [-0.15, -0.1) is 0 Å². The Morgan fingerprint density at radius 3 is 2.50 bits per heavy atom. The molecule has 0 aliphatic carbocycles. The van der Waals surface area contributed by atoms with Crippen molar-refractivity contribution in [2.45, 2.75) is 6.92 Å². The minimum absolute atomic E-state index is 0.271. The Hall–Kier alpha value is -1.17. The number of halogens is 1. The van der Waals surface area contributed by atoms with Gasteiger partial charge in [0.15, 0.2) is 4.32 Å². The minimum atomic E-state index is -0.368. The van der Waals surface area contributed by atoms with E-state index in [9.17, 15) is 9.59 Å². The second kappa shape index (κ2) is 5.22.